The standard InChI is InChI=1S/C24H30N6O/c1-17(18-8-4-2-5-9-18)27-24(31)19-11-14-29(15-12-19)22-21-23(26-16-25-22)30-13-7-3-6-10-20(30)28-21/h2,4-5,8-9,16-17,19H,3,6-7,10-15H2,1H3,(H,27,31). The fourth-order valence-electron chi connectivity index (χ4n) is 4.87. The van der Waals surface area contributed by atoms with Crippen LogP contribution in [0.1, 0.15) is 56.5 Å². The molecule has 0 spiro atoms. The molecule has 0 saturated carbocycles. The number of piperidine rings is 1. The highest BCUT2D eigenvalue weighted by Gasteiger charge is 2.28. The zero-order valence-electron chi connectivity index (χ0n) is 18.1. The van der Waals surface area contributed by atoms with Crippen molar-refractivity contribution in [3.63, 3.8) is 0 Å². The summed E-state index contributed by atoms with van der Waals surface area (Å²) in [6, 6.07) is 10.1. The zero-order chi connectivity index (χ0) is 21.2. The summed E-state index contributed by atoms with van der Waals surface area (Å²) < 4.78 is 2.28. The van der Waals surface area contributed by atoms with Crippen LogP contribution in [0.25, 0.3) is 11.2 Å². The minimum atomic E-state index is 0.0224. The first-order chi connectivity index (χ1) is 15.2. The smallest absolute Gasteiger partial charge is 0.223 e. The first kappa shape index (κ1) is 20.0. The van der Waals surface area contributed by atoms with E-state index < -0.39 is 0 Å². The third-order valence-corrected chi connectivity index (χ3v) is 6.70. The van der Waals surface area contributed by atoms with E-state index in [0.29, 0.717) is 0 Å². The number of benzene rings is 1. The van der Waals surface area contributed by atoms with E-state index in [4.69, 9.17) is 4.98 Å². The van der Waals surface area contributed by atoms with Crippen LogP contribution in [0.15, 0.2) is 36.7 Å². The molecule has 31 heavy (non-hydrogen) atoms. The van der Waals surface area contributed by atoms with Gasteiger partial charge < -0.3 is 14.8 Å². The normalized spacial score (nSPS) is 18.4. The molecule has 2 aromatic heterocycles. The highest BCUT2D eigenvalue weighted by atomic mass is 16.1. The number of nitrogens with zero attached hydrogens (tertiary/aromatic N) is 5. The Bertz CT molecular complexity index is 1050. The number of carbonyl (C=O) groups excluding carboxylic acids is 1. The van der Waals surface area contributed by atoms with Crippen LogP contribution in [0.3, 0.4) is 0 Å². The van der Waals surface area contributed by atoms with Crippen LogP contribution in [0, 0.1) is 5.92 Å². The van der Waals surface area contributed by atoms with Gasteiger partial charge in [0.15, 0.2) is 17.0 Å². The Kier molecular flexibility index (Phi) is 5.57. The van der Waals surface area contributed by atoms with Crippen molar-refractivity contribution < 1.29 is 4.79 Å². The van der Waals surface area contributed by atoms with Gasteiger partial charge in [-0.3, -0.25) is 4.79 Å². The molecule has 162 valence electrons. The van der Waals surface area contributed by atoms with E-state index in [9.17, 15) is 4.79 Å². The van der Waals surface area contributed by atoms with Gasteiger partial charge in [-0.2, -0.15) is 0 Å². The number of aryl methyl sites for hydroxylation is 2. The number of amides is 1. The van der Waals surface area contributed by atoms with Crippen LogP contribution in [-0.2, 0) is 17.8 Å². The summed E-state index contributed by atoms with van der Waals surface area (Å²) in [6.07, 6.45) is 7.95. The number of fused-ring (bicyclic) bond motifs is 3. The minimum absolute atomic E-state index is 0.0224. The third kappa shape index (κ3) is 4.01. The molecule has 1 amide bonds. The number of aromatic nitrogens is 4. The average molecular weight is 419 g/mol. The monoisotopic (exact) mass is 418 g/mol. The zero-order valence-corrected chi connectivity index (χ0v) is 18.1. The van der Waals surface area contributed by atoms with E-state index in [0.717, 1.165) is 67.3 Å². The molecule has 2 aliphatic heterocycles. The molecule has 1 atom stereocenters. The van der Waals surface area contributed by atoms with Crippen molar-refractivity contribution >= 4 is 22.9 Å². The van der Waals surface area contributed by atoms with Crippen LogP contribution < -0.4 is 10.2 Å². The van der Waals surface area contributed by atoms with Gasteiger partial charge in [-0.15, -0.1) is 0 Å². The van der Waals surface area contributed by atoms with Crippen LogP contribution in [0.4, 0.5) is 5.82 Å². The highest BCUT2D eigenvalue weighted by molar-refractivity contribution is 5.84. The lowest BCUT2D eigenvalue weighted by Crippen LogP contribution is -2.41. The van der Waals surface area contributed by atoms with Gasteiger partial charge in [0.25, 0.3) is 0 Å². The average Bonchev–Trinajstić information content (AvgIpc) is 3.00. The maximum atomic E-state index is 12.8. The van der Waals surface area contributed by atoms with Gasteiger partial charge in [-0.25, -0.2) is 15.0 Å². The summed E-state index contributed by atoms with van der Waals surface area (Å²) in [6.45, 7) is 4.66. The first-order valence-corrected chi connectivity index (χ1v) is 11.5. The quantitative estimate of drug-likeness (QED) is 0.700. The van der Waals surface area contributed by atoms with Gasteiger partial charge in [0.1, 0.15) is 12.2 Å². The Morgan fingerprint density at radius 3 is 2.68 bits per heavy atom. The molecule has 1 saturated heterocycles. The van der Waals surface area contributed by atoms with Crippen LogP contribution in [-0.4, -0.2) is 38.5 Å². The van der Waals surface area contributed by atoms with Crippen LogP contribution in [0.2, 0.25) is 0 Å². The number of hydrogen-bond donors (Lipinski definition) is 1. The summed E-state index contributed by atoms with van der Waals surface area (Å²) in [5, 5.41) is 3.19. The van der Waals surface area contributed by atoms with E-state index in [1.54, 1.807) is 6.33 Å². The summed E-state index contributed by atoms with van der Waals surface area (Å²) in [5.41, 5.74) is 3.01. The Hall–Kier alpha value is -2.96. The van der Waals surface area contributed by atoms with E-state index in [-0.39, 0.29) is 17.9 Å². The summed E-state index contributed by atoms with van der Waals surface area (Å²) in [5.74, 6) is 2.25. The first-order valence-electron chi connectivity index (χ1n) is 11.5. The molecule has 0 radical (unpaired) electrons. The largest absolute Gasteiger partial charge is 0.355 e. The van der Waals surface area contributed by atoms with E-state index in [1.807, 2.05) is 25.1 Å². The molecular formula is C24H30N6O. The molecule has 1 unspecified atom stereocenters. The fraction of sp³-hybridized carbons (Fsp3) is 0.500. The third-order valence-electron chi connectivity index (χ3n) is 6.70. The van der Waals surface area contributed by atoms with Gasteiger partial charge in [0, 0.05) is 32.0 Å². The maximum absolute atomic E-state index is 12.8. The van der Waals surface area contributed by atoms with Gasteiger partial charge in [-0.05, 0) is 38.2 Å². The van der Waals surface area contributed by atoms with Crippen molar-refractivity contribution in [3.8, 4) is 0 Å². The molecule has 3 aromatic rings. The second kappa shape index (κ2) is 8.65. The van der Waals surface area contributed by atoms with Crippen LogP contribution >= 0.6 is 0 Å². The lowest BCUT2D eigenvalue weighted by atomic mass is 9.95. The number of rotatable bonds is 4. The van der Waals surface area contributed by atoms with Crippen molar-refractivity contribution in [2.75, 3.05) is 18.0 Å². The Labute approximate surface area is 182 Å². The molecule has 7 nitrogen and oxygen atoms in total. The predicted molar refractivity (Wildman–Crippen MR) is 121 cm³/mol. The highest BCUT2D eigenvalue weighted by Crippen LogP contribution is 2.29. The molecule has 7 heteroatoms. The molecule has 0 bridgehead atoms. The molecule has 0 aliphatic carbocycles. The van der Waals surface area contributed by atoms with Crippen molar-refractivity contribution in [3.05, 3.63) is 48.0 Å². The fourth-order valence-corrected chi connectivity index (χ4v) is 4.87. The minimum Gasteiger partial charge on any atom is -0.355 e. The summed E-state index contributed by atoms with van der Waals surface area (Å²) in [7, 11) is 0. The van der Waals surface area contributed by atoms with Gasteiger partial charge in [-0.1, -0.05) is 36.8 Å². The molecule has 2 aliphatic rings. The van der Waals surface area contributed by atoms with Gasteiger partial charge >= 0.3 is 0 Å². The number of hydrogen-bond acceptors (Lipinski definition) is 5. The predicted octanol–water partition coefficient (Wildman–Crippen LogP) is 3.65. The molecule has 1 N–H and O–H groups in total. The molecule has 1 fully saturated rings. The maximum Gasteiger partial charge on any atom is 0.223 e. The number of anilines is 1. The van der Waals surface area contributed by atoms with Crippen molar-refractivity contribution in [2.24, 2.45) is 5.92 Å². The SMILES string of the molecule is CC(NC(=O)C1CCN(c2ncnc3c2nc2n3CCCCC2)CC1)c1ccccc1. The van der Waals surface area contributed by atoms with E-state index in [1.165, 1.54) is 19.3 Å². The molecular weight excluding hydrogens is 388 g/mol. The molecule has 1 aromatic carbocycles. The van der Waals surface area contributed by atoms with Gasteiger partial charge in [0.05, 0.1) is 6.04 Å². The Balaban J connectivity index is 1.26. The lowest BCUT2D eigenvalue weighted by Gasteiger charge is -2.32. The molecule has 5 rings (SSSR count). The van der Waals surface area contributed by atoms with Crippen molar-refractivity contribution in [1.29, 1.82) is 0 Å². The van der Waals surface area contributed by atoms with Crippen LogP contribution in [0.5, 0.6) is 0 Å². The number of imidazole rings is 1. The van der Waals surface area contributed by atoms with E-state index in [2.05, 4.69) is 36.9 Å². The summed E-state index contributed by atoms with van der Waals surface area (Å²) in [4.78, 5) is 29.2. The topological polar surface area (TPSA) is 75.9 Å². The van der Waals surface area contributed by atoms with Crippen molar-refractivity contribution in [1.82, 2.24) is 24.8 Å². The second-order valence-electron chi connectivity index (χ2n) is 8.76. The second-order valence-corrected chi connectivity index (χ2v) is 8.76. The lowest BCUT2D eigenvalue weighted by molar-refractivity contribution is -0.126. The van der Waals surface area contributed by atoms with E-state index >= 15 is 0 Å². The van der Waals surface area contributed by atoms with Gasteiger partial charge in [0.2, 0.25) is 5.91 Å². The number of carbonyl (C=O) groups is 1. The number of nitrogens with one attached hydrogen (secondary N) is 1. The molecule has 4 heterocycles. The Morgan fingerprint density at radius 1 is 1.06 bits per heavy atom. The Morgan fingerprint density at radius 2 is 1.87 bits per heavy atom. The van der Waals surface area contributed by atoms with Crippen molar-refractivity contribution in [2.45, 2.75) is 58.0 Å². The summed E-state index contributed by atoms with van der Waals surface area (Å²) >= 11 is 0.